The normalized spacial score (nSPS) is 10.4. The molecule has 1 N–H and O–H groups in total. The molecule has 0 bridgehead atoms. The number of carbonyl (C=O) groups is 3. The van der Waals surface area contributed by atoms with Crippen LogP contribution in [-0.4, -0.2) is 56.4 Å². The Morgan fingerprint density at radius 2 is 1.68 bits per heavy atom. The van der Waals surface area contributed by atoms with Gasteiger partial charge in [-0.2, -0.15) is 0 Å². The van der Waals surface area contributed by atoms with E-state index < -0.39 is 5.91 Å². The molecule has 0 unspecified atom stereocenters. The maximum Gasteiger partial charge on any atom is 0.254 e. The minimum Gasteiger partial charge on any atom is -0.385 e. The van der Waals surface area contributed by atoms with Crippen molar-refractivity contribution in [2.45, 2.75) is 6.42 Å². The van der Waals surface area contributed by atoms with E-state index in [4.69, 9.17) is 16.3 Å². The Morgan fingerprint density at radius 3 is 2.32 bits per heavy atom. The van der Waals surface area contributed by atoms with E-state index in [1.54, 1.807) is 55.6 Å². The largest absolute Gasteiger partial charge is 0.385 e. The third kappa shape index (κ3) is 5.90. The zero-order valence-corrected chi connectivity index (χ0v) is 16.7. The van der Waals surface area contributed by atoms with E-state index in [-0.39, 0.29) is 29.4 Å². The number of nitrogens with one attached hydrogen (secondary N) is 1. The van der Waals surface area contributed by atoms with Gasteiger partial charge in [0.05, 0.1) is 12.1 Å². The van der Waals surface area contributed by atoms with Crippen LogP contribution in [0.1, 0.15) is 32.7 Å². The van der Waals surface area contributed by atoms with Crippen molar-refractivity contribution in [3.63, 3.8) is 0 Å². The molecule has 7 heteroatoms. The number of nitrogens with zero attached hydrogens (tertiary/aromatic N) is 1. The lowest BCUT2D eigenvalue weighted by atomic mass is 9.97. The fraction of sp³-hybridized carbons (Fsp3) is 0.286. The van der Waals surface area contributed by atoms with Crippen molar-refractivity contribution in [3.05, 3.63) is 70.2 Å². The molecule has 0 radical (unpaired) electrons. The topological polar surface area (TPSA) is 75.7 Å². The van der Waals surface area contributed by atoms with E-state index in [9.17, 15) is 14.4 Å². The third-order valence-electron chi connectivity index (χ3n) is 4.08. The number of rotatable bonds is 9. The predicted octanol–water partition coefficient (Wildman–Crippen LogP) is 2.80. The molecular formula is C21H23ClN2O4. The Morgan fingerprint density at radius 1 is 1.04 bits per heavy atom. The number of amides is 2. The Kier molecular flexibility index (Phi) is 8.17. The summed E-state index contributed by atoms with van der Waals surface area (Å²) >= 11 is 5.87. The molecule has 0 heterocycles. The van der Waals surface area contributed by atoms with Crippen LogP contribution in [0.5, 0.6) is 0 Å². The summed E-state index contributed by atoms with van der Waals surface area (Å²) in [6.07, 6.45) is 0.693. The molecule has 0 aliphatic carbocycles. The number of ketones is 1. The lowest BCUT2D eigenvalue weighted by Crippen LogP contribution is -2.39. The molecular weight excluding hydrogens is 380 g/mol. The van der Waals surface area contributed by atoms with Gasteiger partial charge in [0, 0.05) is 43.5 Å². The zero-order valence-electron chi connectivity index (χ0n) is 15.9. The van der Waals surface area contributed by atoms with E-state index in [2.05, 4.69) is 5.32 Å². The van der Waals surface area contributed by atoms with Crippen molar-refractivity contribution < 1.29 is 19.1 Å². The molecule has 0 fully saturated rings. The fourth-order valence-corrected chi connectivity index (χ4v) is 2.74. The second-order valence-corrected chi connectivity index (χ2v) is 6.68. The molecule has 2 aromatic rings. The maximum atomic E-state index is 12.8. The molecule has 0 aliphatic rings. The van der Waals surface area contributed by atoms with E-state index in [1.165, 1.54) is 11.9 Å². The van der Waals surface area contributed by atoms with Crippen LogP contribution in [0.15, 0.2) is 48.5 Å². The van der Waals surface area contributed by atoms with E-state index in [1.807, 2.05) is 0 Å². The molecule has 0 aliphatic heterocycles. The molecule has 2 rings (SSSR count). The van der Waals surface area contributed by atoms with Gasteiger partial charge < -0.3 is 15.0 Å². The number of hydrogen-bond donors (Lipinski definition) is 1. The summed E-state index contributed by atoms with van der Waals surface area (Å²) in [5, 5.41) is 3.26. The maximum absolute atomic E-state index is 12.8. The van der Waals surface area contributed by atoms with Gasteiger partial charge in [0.2, 0.25) is 5.91 Å². The van der Waals surface area contributed by atoms with Crippen molar-refractivity contribution in [1.29, 1.82) is 0 Å². The van der Waals surface area contributed by atoms with Gasteiger partial charge in [-0.25, -0.2) is 0 Å². The molecule has 2 aromatic carbocycles. The summed E-state index contributed by atoms with van der Waals surface area (Å²) in [5.41, 5.74) is 0.961. The van der Waals surface area contributed by atoms with Crippen molar-refractivity contribution in [3.8, 4) is 0 Å². The van der Waals surface area contributed by atoms with Crippen LogP contribution in [0.3, 0.4) is 0 Å². The van der Waals surface area contributed by atoms with Gasteiger partial charge in [0.15, 0.2) is 5.78 Å². The molecule has 0 saturated carbocycles. The van der Waals surface area contributed by atoms with Gasteiger partial charge in [-0.3, -0.25) is 14.4 Å². The highest BCUT2D eigenvalue weighted by Gasteiger charge is 2.21. The quantitative estimate of drug-likeness (QED) is 0.517. The standard InChI is InChI=1S/C21H23ClN2O4/c1-24(14-19(25)23-12-5-13-28-2)21(27)18-7-4-3-6-17(18)20(26)15-8-10-16(22)11-9-15/h3-4,6-11H,5,12-14H2,1-2H3,(H,23,25). The smallest absolute Gasteiger partial charge is 0.254 e. The number of ether oxygens (including phenoxy) is 1. The first-order valence-electron chi connectivity index (χ1n) is 8.84. The molecule has 6 nitrogen and oxygen atoms in total. The second-order valence-electron chi connectivity index (χ2n) is 6.24. The van der Waals surface area contributed by atoms with Gasteiger partial charge in [-0.1, -0.05) is 29.8 Å². The van der Waals surface area contributed by atoms with Gasteiger partial charge in [0.1, 0.15) is 0 Å². The lowest BCUT2D eigenvalue weighted by Gasteiger charge is -2.18. The Hall–Kier alpha value is -2.70. The van der Waals surface area contributed by atoms with Crippen molar-refractivity contribution in [2.24, 2.45) is 0 Å². The van der Waals surface area contributed by atoms with Crippen LogP contribution in [0, 0.1) is 0 Å². The van der Waals surface area contributed by atoms with Crippen molar-refractivity contribution >= 4 is 29.2 Å². The lowest BCUT2D eigenvalue weighted by molar-refractivity contribution is -0.121. The number of hydrogen-bond acceptors (Lipinski definition) is 4. The average molecular weight is 403 g/mol. The van der Waals surface area contributed by atoms with Crippen LogP contribution in [0.25, 0.3) is 0 Å². The highest BCUT2D eigenvalue weighted by molar-refractivity contribution is 6.30. The molecule has 0 aromatic heterocycles. The highest BCUT2D eigenvalue weighted by atomic mass is 35.5. The van der Waals surface area contributed by atoms with Gasteiger partial charge in [0.25, 0.3) is 5.91 Å². The molecule has 0 saturated heterocycles. The first kappa shape index (κ1) is 21.6. The molecule has 148 valence electrons. The van der Waals surface area contributed by atoms with Crippen LogP contribution < -0.4 is 5.32 Å². The number of carbonyl (C=O) groups excluding carboxylic acids is 3. The summed E-state index contributed by atoms with van der Waals surface area (Å²) in [6.45, 7) is 0.921. The summed E-state index contributed by atoms with van der Waals surface area (Å²) in [7, 11) is 3.12. The third-order valence-corrected chi connectivity index (χ3v) is 4.34. The van der Waals surface area contributed by atoms with E-state index in [0.717, 1.165) is 0 Å². The van der Waals surface area contributed by atoms with Gasteiger partial charge >= 0.3 is 0 Å². The van der Waals surface area contributed by atoms with Crippen molar-refractivity contribution in [1.82, 2.24) is 10.2 Å². The minimum atomic E-state index is -0.398. The monoisotopic (exact) mass is 402 g/mol. The Labute approximate surface area is 169 Å². The fourth-order valence-electron chi connectivity index (χ4n) is 2.62. The molecule has 28 heavy (non-hydrogen) atoms. The summed E-state index contributed by atoms with van der Waals surface area (Å²) in [4.78, 5) is 38.9. The van der Waals surface area contributed by atoms with Crippen LogP contribution >= 0.6 is 11.6 Å². The number of halogens is 1. The van der Waals surface area contributed by atoms with Gasteiger partial charge in [-0.05, 0) is 36.8 Å². The Balaban J connectivity index is 2.10. The van der Waals surface area contributed by atoms with E-state index in [0.29, 0.717) is 30.2 Å². The Bertz CT molecular complexity index is 837. The predicted molar refractivity (Wildman–Crippen MR) is 108 cm³/mol. The van der Waals surface area contributed by atoms with Crippen LogP contribution in [0.4, 0.5) is 0 Å². The minimum absolute atomic E-state index is 0.102. The van der Waals surface area contributed by atoms with Crippen LogP contribution in [-0.2, 0) is 9.53 Å². The molecule has 2 amide bonds. The summed E-state index contributed by atoms with van der Waals surface area (Å²) < 4.78 is 4.92. The second kappa shape index (κ2) is 10.6. The first-order valence-corrected chi connectivity index (χ1v) is 9.22. The van der Waals surface area contributed by atoms with Crippen molar-refractivity contribution in [2.75, 3.05) is 33.9 Å². The van der Waals surface area contributed by atoms with Crippen LogP contribution in [0.2, 0.25) is 5.02 Å². The summed E-state index contributed by atoms with van der Waals surface area (Å²) in [6, 6.07) is 13.0. The number of methoxy groups -OCH3 is 1. The zero-order chi connectivity index (χ0) is 20.5. The average Bonchev–Trinajstić information content (AvgIpc) is 2.70. The SMILES string of the molecule is COCCCNC(=O)CN(C)C(=O)c1ccccc1C(=O)c1ccc(Cl)cc1. The number of likely N-dealkylation sites (N-methyl/N-ethyl adjacent to an activating group) is 1. The number of benzene rings is 2. The molecule has 0 spiro atoms. The summed E-state index contributed by atoms with van der Waals surface area (Å²) in [5.74, 6) is -0.948. The highest BCUT2D eigenvalue weighted by Crippen LogP contribution is 2.18. The molecule has 0 atom stereocenters. The van der Waals surface area contributed by atoms with Gasteiger partial charge in [-0.15, -0.1) is 0 Å². The first-order chi connectivity index (χ1) is 13.4. The van der Waals surface area contributed by atoms with E-state index >= 15 is 0 Å².